The van der Waals surface area contributed by atoms with E-state index in [9.17, 15) is 10.1 Å². The molecule has 0 heterocycles. The highest BCUT2D eigenvalue weighted by atomic mass is 16.1. The average molecular weight is 311 g/mol. The van der Waals surface area contributed by atoms with E-state index in [2.05, 4.69) is 19.9 Å². The van der Waals surface area contributed by atoms with Gasteiger partial charge in [0.2, 0.25) is 0 Å². The molecule has 0 aromatic heterocycles. The molecule has 0 bridgehead atoms. The molecule has 2 nitrogen and oxygen atoms in total. The van der Waals surface area contributed by atoms with Crippen molar-refractivity contribution in [3.63, 3.8) is 0 Å². The van der Waals surface area contributed by atoms with Gasteiger partial charge in [-0.15, -0.1) is 0 Å². The second kappa shape index (κ2) is 5.47. The summed E-state index contributed by atoms with van der Waals surface area (Å²) in [5.41, 5.74) is 1.74. The third kappa shape index (κ3) is 2.15. The lowest BCUT2D eigenvalue weighted by atomic mass is 9.48. The van der Waals surface area contributed by atoms with Crippen LogP contribution in [0.3, 0.4) is 0 Å². The molecule has 4 aliphatic carbocycles. The van der Waals surface area contributed by atoms with Gasteiger partial charge in [-0.05, 0) is 79.6 Å². The van der Waals surface area contributed by atoms with Crippen molar-refractivity contribution >= 4 is 5.78 Å². The van der Waals surface area contributed by atoms with Crippen molar-refractivity contribution in [3.8, 4) is 6.07 Å². The van der Waals surface area contributed by atoms with Gasteiger partial charge in [0, 0.05) is 6.42 Å². The standard InChI is InChI=1S/C21H29NO/c1-3-13-10-14-11-16(23)5-6-17(14)18-8-9-21(2)15(12-22)4-7-19(21)20(13)18/h11,13,15,17-20H,3-10H2,1-2H3/t13-,15+,17-,18+,19-,20+,21+/m0/s1. The van der Waals surface area contributed by atoms with E-state index in [1.54, 1.807) is 0 Å². The van der Waals surface area contributed by atoms with E-state index in [4.69, 9.17) is 0 Å². The van der Waals surface area contributed by atoms with Crippen LogP contribution in [0.15, 0.2) is 11.6 Å². The number of nitriles is 1. The minimum Gasteiger partial charge on any atom is -0.295 e. The largest absolute Gasteiger partial charge is 0.295 e. The summed E-state index contributed by atoms with van der Waals surface area (Å²) in [7, 11) is 0. The number of hydrogen-bond donors (Lipinski definition) is 0. The summed E-state index contributed by atoms with van der Waals surface area (Å²) in [4.78, 5) is 11.9. The number of fused-ring (bicyclic) bond motifs is 5. The highest BCUT2D eigenvalue weighted by Gasteiger charge is 2.58. The molecule has 3 saturated carbocycles. The maximum absolute atomic E-state index is 11.9. The van der Waals surface area contributed by atoms with Crippen molar-refractivity contribution in [1.29, 1.82) is 5.26 Å². The predicted octanol–water partition coefficient (Wildman–Crippen LogP) is 4.90. The molecule has 2 heteroatoms. The molecule has 0 aliphatic heterocycles. The van der Waals surface area contributed by atoms with Crippen LogP contribution in [0.5, 0.6) is 0 Å². The maximum Gasteiger partial charge on any atom is 0.155 e. The minimum absolute atomic E-state index is 0.259. The van der Waals surface area contributed by atoms with E-state index >= 15 is 0 Å². The molecule has 7 atom stereocenters. The van der Waals surface area contributed by atoms with E-state index in [1.807, 2.05) is 6.08 Å². The van der Waals surface area contributed by atoms with Crippen molar-refractivity contribution in [2.45, 2.75) is 65.2 Å². The molecule has 0 unspecified atom stereocenters. The molecule has 0 aromatic rings. The molecule has 0 amide bonds. The third-order valence-corrected chi connectivity index (χ3v) is 8.15. The van der Waals surface area contributed by atoms with Crippen molar-refractivity contribution in [3.05, 3.63) is 11.6 Å². The van der Waals surface area contributed by atoms with Gasteiger partial charge in [-0.1, -0.05) is 25.8 Å². The summed E-state index contributed by atoms with van der Waals surface area (Å²) in [6.07, 6.45) is 11.1. The van der Waals surface area contributed by atoms with E-state index < -0.39 is 0 Å². The number of ketones is 1. The lowest BCUT2D eigenvalue weighted by Gasteiger charge is -2.56. The van der Waals surface area contributed by atoms with Crippen molar-refractivity contribution in [2.75, 3.05) is 0 Å². The van der Waals surface area contributed by atoms with E-state index in [0.29, 0.717) is 11.7 Å². The first-order chi connectivity index (χ1) is 11.1. The second-order valence-corrected chi connectivity index (χ2v) is 8.85. The van der Waals surface area contributed by atoms with Gasteiger partial charge in [-0.3, -0.25) is 4.79 Å². The van der Waals surface area contributed by atoms with Crippen LogP contribution in [0.1, 0.15) is 65.2 Å². The van der Waals surface area contributed by atoms with Gasteiger partial charge in [0.25, 0.3) is 0 Å². The van der Waals surface area contributed by atoms with Gasteiger partial charge < -0.3 is 0 Å². The summed E-state index contributed by atoms with van der Waals surface area (Å²) in [6, 6.07) is 2.64. The lowest BCUT2D eigenvalue weighted by Crippen LogP contribution is -2.49. The molecule has 4 aliphatic rings. The van der Waals surface area contributed by atoms with Gasteiger partial charge in [0.05, 0.1) is 12.0 Å². The molecule has 0 spiro atoms. The Morgan fingerprint density at radius 3 is 2.87 bits per heavy atom. The molecular formula is C21H29NO. The molecule has 0 aromatic carbocycles. The molecule has 23 heavy (non-hydrogen) atoms. The number of allylic oxidation sites excluding steroid dienone is 1. The first-order valence-electron chi connectivity index (χ1n) is 9.71. The Labute approximate surface area is 140 Å². The van der Waals surface area contributed by atoms with Gasteiger partial charge >= 0.3 is 0 Å². The van der Waals surface area contributed by atoms with Crippen LogP contribution in [-0.4, -0.2) is 5.78 Å². The van der Waals surface area contributed by atoms with Crippen LogP contribution in [0.2, 0.25) is 0 Å². The van der Waals surface area contributed by atoms with Gasteiger partial charge in [-0.25, -0.2) is 0 Å². The van der Waals surface area contributed by atoms with E-state index in [-0.39, 0.29) is 11.3 Å². The van der Waals surface area contributed by atoms with Crippen molar-refractivity contribution in [2.24, 2.45) is 40.9 Å². The number of nitrogens with zero attached hydrogens (tertiary/aromatic N) is 1. The fraction of sp³-hybridized carbons (Fsp3) is 0.810. The predicted molar refractivity (Wildman–Crippen MR) is 90.4 cm³/mol. The zero-order valence-corrected chi connectivity index (χ0v) is 14.6. The van der Waals surface area contributed by atoms with Crippen LogP contribution >= 0.6 is 0 Å². The summed E-state index contributed by atoms with van der Waals surface area (Å²) < 4.78 is 0. The van der Waals surface area contributed by atoms with Crippen molar-refractivity contribution < 1.29 is 4.79 Å². The Balaban J connectivity index is 1.70. The molecular weight excluding hydrogens is 282 g/mol. The van der Waals surface area contributed by atoms with Crippen LogP contribution in [0, 0.1) is 52.3 Å². The smallest absolute Gasteiger partial charge is 0.155 e. The van der Waals surface area contributed by atoms with Crippen LogP contribution in [-0.2, 0) is 4.79 Å². The normalized spacial score (nSPS) is 48.7. The number of hydrogen-bond acceptors (Lipinski definition) is 2. The quantitative estimate of drug-likeness (QED) is 0.690. The number of rotatable bonds is 1. The minimum atomic E-state index is 0.259. The molecule has 124 valence electrons. The Morgan fingerprint density at radius 1 is 1.30 bits per heavy atom. The fourth-order valence-corrected chi connectivity index (χ4v) is 7.01. The average Bonchev–Trinajstić information content (AvgIpc) is 2.89. The molecule has 0 saturated heterocycles. The zero-order chi connectivity index (χ0) is 16.2. The monoisotopic (exact) mass is 311 g/mol. The van der Waals surface area contributed by atoms with Gasteiger partial charge in [-0.2, -0.15) is 5.26 Å². The Kier molecular flexibility index (Phi) is 3.67. The number of carbonyl (C=O) groups is 1. The van der Waals surface area contributed by atoms with E-state index in [1.165, 1.54) is 31.3 Å². The van der Waals surface area contributed by atoms with Crippen LogP contribution in [0.25, 0.3) is 0 Å². The zero-order valence-electron chi connectivity index (χ0n) is 14.6. The summed E-state index contributed by atoms with van der Waals surface area (Å²) in [5, 5.41) is 9.61. The highest BCUT2D eigenvalue weighted by molar-refractivity contribution is 5.91. The Hall–Kier alpha value is -1.10. The third-order valence-electron chi connectivity index (χ3n) is 8.15. The summed E-state index contributed by atoms with van der Waals surface area (Å²) in [5.74, 6) is 4.36. The Morgan fingerprint density at radius 2 is 2.13 bits per heavy atom. The lowest BCUT2D eigenvalue weighted by molar-refractivity contribution is -0.116. The van der Waals surface area contributed by atoms with Gasteiger partial charge in [0.15, 0.2) is 5.78 Å². The maximum atomic E-state index is 11.9. The first kappa shape index (κ1) is 15.4. The molecule has 0 radical (unpaired) electrons. The molecule has 0 N–H and O–H groups in total. The topological polar surface area (TPSA) is 40.9 Å². The molecule has 3 fully saturated rings. The molecule has 4 rings (SSSR count). The van der Waals surface area contributed by atoms with Crippen LogP contribution < -0.4 is 0 Å². The summed E-state index contributed by atoms with van der Waals surface area (Å²) >= 11 is 0. The highest BCUT2D eigenvalue weighted by Crippen LogP contribution is 2.65. The first-order valence-corrected chi connectivity index (χ1v) is 9.71. The number of carbonyl (C=O) groups excluding carboxylic acids is 1. The van der Waals surface area contributed by atoms with E-state index in [0.717, 1.165) is 49.4 Å². The van der Waals surface area contributed by atoms with Gasteiger partial charge in [0.1, 0.15) is 0 Å². The van der Waals surface area contributed by atoms with Crippen LogP contribution in [0.4, 0.5) is 0 Å². The fourth-order valence-electron chi connectivity index (χ4n) is 7.01. The SMILES string of the molecule is CC[C@H]1CC2=CC(=O)CC[C@@H]2[C@H]2CC[C@]3(C)[C@@H](C#N)CC[C@H]3[C@H]12. The second-order valence-electron chi connectivity index (χ2n) is 8.85. The summed E-state index contributed by atoms with van der Waals surface area (Å²) in [6.45, 7) is 4.74. The Bertz CT molecular complexity index is 585. The van der Waals surface area contributed by atoms with Crippen molar-refractivity contribution in [1.82, 2.24) is 0 Å².